The first kappa shape index (κ1) is 24.3. The molecule has 8 nitrogen and oxygen atoms in total. The molecule has 0 saturated carbocycles. The number of amides is 1. The van der Waals surface area contributed by atoms with Gasteiger partial charge in [0.15, 0.2) is 11.0 Å². The van der Waals surface area contributed by atoms with Gasteiger partial charge in [-0.25, -0.2) is 4.79 Å². The van der Waals surface area contributed by atoms with E-state index in [0.29, 0.717) is 28.2 Å². The molecule has 3 aromatic rings. The summed E-state index contributed by atoms with van der Waals surface area (Å²) in [6.07, 6.45) is 3.92. The van der Waals surface area contributed by atoms with E-state index in [4.69, 9.17) is 9.47 Å². The van der Waals surface area contributed by atoms with Gasteiger partial charge in [-0.2, -0.15) is 0 Å². The highest BCUT2D eigenvalue weighted by Crippen LogP contribution is 2.38. The van der Waals surface area contributed by atoms with Crippen LogP contribution in [0.5, 0.6) is 5.75 Å². The van der Waals surface area contributed by atoms with E-state index >= 15 is 0 Å². The first-order valence-corrected chi connectivity index (χ1v) is 13.1. The zero-order chi connectivity index (χ0) is 24.1. The topological polar surface area (TPSA) is 95.3 Å². The summed E-state index contributed by atoms with van der Waals surface area (Å²) in [5.74, 6) is 1.02. The second-order valence-corrected chi connectivity index (χ2v) is 10.1. The lowest BCUT2D eigenvalue weighted by Crippen LogP contribution is -2.17. The Morgan fingerprint density at radius 1 is 1.24 bits per heavy atom. The Morgan fingerprint density at radius 2 is 2.06 bits per heavy atom. The number of nitrogens with zero attached hydrogens (tertiary/aromatic N) is 3. The first-order chi connectivity index (χ1) is 16.5. The SMILES string of the molecule is CCOC(=O)c1c(NC(=O)CSc2nnc(COc3cccc(C)c3)n2C)sc2c1CCCC2. The molecule has 1 amide bonds. The molecule has 0 unspecified atom stereocenters. The Balaban J connectivity index is 1.37. The van der Waals surface area contributed by atoms with Crippen molar-refractivity contribution in [2.24, 2.45) is 7.05 Å². The summed E-state index contributed by atoms with van der Waals surface area (Å²) in [6.45, 7) is 4.38. The predicted molar refractivity (Wildman–Crippen MR) is 133 cm³/mol. The van der Waals surface area contributed by atoms with Crippen molar-refractivity contribution in [1.82, 2.24) is 14.8 Å². The molecule has 0 bridgehead atoms. The highest BCUT2D eigenvalue weighted by Gasteiger charge is 2.27. The fourth-order valence-corrected chi connectivity index (χ4v) is 5.84. The van der Waals surface area contributed by atoms with Gasteiger partial charge >= 0.3 is 5.97 Å². The van der Waals surface area contributed by atoms with Crippen LogP contribution in [0.4, 0.5) is 5.00 Å². The van der Waals surface area contributed by atoms with Crippen LogP contribution in [0.3, 0.4) is 0 Å². The van der Waals surface area contributed by atoms with Crippen LogP contribution >= 0.6 is 23.1 Å². The van der Waals surface area contributed by atoms with E-state index in [9.17, 15) is 9.59 Å². The number of esters is 1. The van der Waals surface area contributed by atoms with Crippen LogP contribution in [0, 0.1) is 6.92 Å². The molecule has 34 heavy (non-hydrogen) atoms. The van der Waals surface area contributed by atoms with Gasteiger partial charge in [-0.05, 0) is 62.8 Å². The lowest BCUT2D eigenvalue weighted by atomic mass is 9.95. The number of ether oxygens (including phenoxy) is 2. The minimum absolute atomic E-state index is 0.148. The molecular weight excluding hydrogens is 472 g/mol. The van der Waals surface area contributed by atoms with Gasteiger partial charge in [-0.15, -0.1) is 21.5 Å². The van der Waals surface area contributed by atoms with Crippen molar-refractivity contribution in [2.75, 3.05) is 17.7 Å². The van der Waals surface area contributed by atoms with Crippen molar-refractivity contribution in [3.8, 4) is 5.75 Å². The highest BCUT2D eigenvalue weighted by atomic mass is 32.2. The number of carbonyl (C=O) groups excluding carboxylic acids is 2. The van der Waals surface area contributed by atoms with Crippen LogP contribution in [0.25, 0.3) is 0 Å². The van der Waals surface area contributed by atoms with Crippen molar-refractivity contribution in [2.45, 2.75) is 51.3 Å². The van der Waals surface area contributed by atoms with Crippen molar-refractivity contribution < 1.29 is 19.1 Å². The zero-order valence-corrected chi connectivity index (χ0v) is 21.2. The van der Waals surface area contributed by atoms with Gasteiger partial charge in [0, 0.05) is 11.9 Å². The van der Waals surface area contributed by atoms with Gasteiger partial charge in [0.1, 0.15) is 17.4 Å². The molecule has 0 aliphatic heterocycles. The van der Waals surface area contributed by atoms with Crippen molar-refractivity contribution in [1.29, 1.82) is 0 Å². The number of thioether (sulfide) groups is 1. The third-order valence-electron chi connectivity index (χ3n) is 5.52. The normalized spacial score (nSPS) is 12.8. The maximum atomic E-state index is 12.7. The standard InChI is InChI=1S/C24H28N4O4S2/c1-4-31-23(30)21-17-10-5-6-11-18(17)34-22(21)25-20(29)14-33-24-27-26-19(28(24)3)13-32-16-9-7-8-15(2)12-16/h7-9,12H,4-6,10-11,13-14H2,1-3H3,(H,25,29). The number of benzene rings is 1. The summed E-state index contributed by atoms with van der Waals surface area (Å²) < 4.78 is 12.9. The van der Waals surface area contributed by atoms with Crippen molar-refractivity contribution >= 4 is 40.0 Å². The molecule has 0 radical (unpaired) electrons. The maximum absolute atomic E-state index is 12.7. The zero-order valence-electron chi connectivity index (χ0n) is 19.6. The third-order valence-corrected chi connectivity index (χ3v) is 7.75. The van der Waals surface area contributed by atoms with Crippen LogP contribution in [0.2, 0.25) is 0 Å². The summed E-state index contributed by atoms with van der Waals surface area (Å²) in [5.41, 5.74) is 2.67. The Morgan fingerprint density at radius 3 is 2.85 bits per heavy atom. The molecule has 10 heteroatoms. The second kappa shape index (κ2) is 11.1. The molecular formula is C24H28N4O4S2. The Labute approximate surface area is 207 Å². The fraction of sp³-hybridized carbons (Fsp3) is 0.417. The quantitative estimate of drug-likeness (QED) is 0.340. The number of anilines is 1. The summed E-state index contributed by atoms with van der Waals surface area (Å²) in [6, 6.07) is 7.81. The van der Waals surface area contributed by atoms with Gasteiger partial charge in [0.05, 0.1) is 17.9 Å². The molecule has 4 rings (SSSR count). The smallest absolute Gasteiger partial charge is 0.341 e. The van der Waals surface area contributed by atoms with E-state index in [1.54, 1.807) is 6.92 Å². The molecule has 0 atom stereocenters. The second-order valence-electron chi connectivity index (χ2n) is 8.04. The fourth-order valence-electron chi connectivity index (χ4n) is 3.82. The number of carbonyl (C=O) groups is 2. The minimum Gasteiger partial charge on any atom is -0.486 e. The molecule has 180 valence electrons. The summed E-state index contributed by atoms with van der Waals surface area (Å²) in [5, 5.41) is 12.5. The molecule has 2 aromatic heterocycles. The first-order valence-electron chi connectivity index (χ1n) is 11.3. The number of nitrogens with one attached hydrogen (secondary N) is 1. The number of hydrogen-bond donors (Lipinski definition) is 1. The molecule has 0 saturated heterocycles. The van der Waals surface area contributed by atoms with Crippen LogP contribution in [-0.4, -0.2) is 39.0 Å². The van der Waals surface area contributed by atoms with Crippen LogP contribution in [0.15, 0.2) is 29.4 Å². The number of aryl methyl sites for hydroxylation is 2. The average molecular weight is 501 g/mol. The molecule has 1 aliphatic carbocycles. The van der Waals surface area contributed by atoms with E-state index in [-0.39, 0.29) is 24.2 Å². The summed E-state index contributed by atoms with van der Waals surface area (Å²) in [4.78, 5) is 26.5. The monoisotopic (exact) mass is 500 g/mol. The van der Waals surface area contributed by atoms with E-state index in [0.717, 1.165) is 42.6 Å². The van der Waals surface area contributed by atoms with Gasteiger partial charge in [-0.1, -0.05) is 23.9 Å². The number of thiophene rings is 1. The molecule has 0 fully saturated rings. The predicted octanol–water partition coefficient (Wildman–Crippen LogP) is 4.55. The number of hydrogen-bond acceptors (Lipinski definition) is 8. The molecule has 1 N–H and O–H groups in total. The summed E-state index contributed by atoms with van der Waals surface area (Å²) in [7, 11) is 1.85. The average Bonchev–Trinajstić information content (AvgIpc) is 3.36. The number of rotatable bonds is 9. The number of fused-ring (bicyclic) bond motifs is 1. The van der Waals surface area contributed by atoms with Gasteiger partial charge in [0.25, 0.3) is 0 Å². The molecule has 0 spiro atoms. The van der Waals surface area contributed by atoms with E-state index in [2.05, 4.69) is 15.5 Å². The van der Waals surface area contributed by atoms with Gasteiger partial charge in [0.2, 0.25) is 5.91 Å². The molecule has 2 heterocycles. The van der Waals surface area contributed by atoms with E-state index in [1.165, 1.54) is 28.0 Å². The molecule has 1 aromatic carbocycles. The Bertz CT molecular complexity index is 1190. The third kappa shape index (κ3) is 5.61. The summed E-state index contributed by atoms with van der Waals surface area (Å²) >= 11 is 2.78. The van der Waals surface area contributed by atoms with E-state index < -0.39 is 0 Å². The maximum Gasteiger partial charge on any atom is 0.341 e. The van der Waals surface area contributed by atoms with Gasteiger partial charge < -0.3 is 19.4 Å². The lowest BCUT2D eigenvalue weighted by molar-refractivity contribution is -0.113. The Hall–Kier alpha value is -2.85. The van der Waals surface area contributed by atoms with Crippen molar-refractivity contribution in [3.05, 3.63) is 51.7 Å². The number of aromatic nitrogens is 3. The molecule has 1 aliphatic rings. The minimum atomic E-state index is -0.364. The van der Waals surface area contributed by atoms with Crippen molar-refractivity contribution in [3.63, 3.8) is 0 Å². The highest BCUT2D eigenvalue weighted by molar-refractivity contribution is 7.99. The van der Waals surface area contributed by atoms with Crippen LogP contribution in [0.1, 0.15) is 52.0 Å². The van der Waals surface area contributed by atoms with E-state index in [1.807, 2.05) is 42.8 Å². The Kier molecular flexibility index (Phi) is 7.89. The van der Waals surface area contributed by atoms with Gasteiger partial charge in [-0.3, -0.25) is 4.79 Å². The van der Waals surface area contributed by atoms with Crippen LogP contribution in [-0.2, 0) is 36.0 Å². The largest absolute Gasteiger partial charge is 0.486 e. The van der Waals surface area contributed by atoms with Crippen LogP contribution < -0.4 is 10.1 Å². The lowest BCUT2D eigenvalue weighted by Gasteiger charge is -2.12.